The number of hydrogen-bond acceptors (Lipinski definition) is 4. The SMILES string of the molecule is C[C@@H]1CC(N[C@@H]2CC(=O)N(CCOc3ccccc3)C2)C[C@@H](C)O1. The lowest BCUT2D eigenvalue weighted by Gasteiger charge is -2.34. The van der Waals surface area contributed by atoms with Crippen molar-refractivity contribution in [3.8, 4) is 5.75 Å². The van der Waals surface area contributed by atoms with Crippen molar-refractivity contribution in [1.82, 2.24) is 10.2 Å². The van der Waals surface area contributed by atoms with Gasteiger partial charge < -0.3 is 19.7 Å². The van der Waals surface area contributed by atoms with Crippen LogP contribution in [0.2, 0.25) is 0 Å². The third kappa shape index (κ3) is 4.71. The van der Waals surface area contributed by atoms with Crippen molar-refractivity contribution >= 4 is 5.91 Å². The minimum Gasteiger partial charge on any atom is -0.492 e. The Balaban J connectivity index is 1.42. The predicted octanol–water partition coefficient (Wildman–Crippen LogP) is 2.21. The maximum absolute atomic E-state index is 12.2. The van der Waals surface area contributed by atoms with E-state index in [4.69, 9.17) is 9.47 Å². The van der Waals surface area contributed by atoms with Crippen molar-refractivity contribution < 1.29 is 14.3 Å². The van der Waals surface area contributed by atoms with E-state index in [1.165, 1.54) is 0 Å². The van der Waals surface area contributed by atoms with Gasteiger partial charge in [-0.25, -0.2) is 0 Å². The van der Waals surface area contributed by atoms with E-state index in [1.54, 1.807) is 0 Å². The van der Waals surface area contributed by atoms with Crippen LogP contribution in [-0.4, -0.2) is 54.8 Å². The summed E-state index contributed by atoms with van der Waals surface area (Å²) in [6, 6.07) is 10.4. The first-order valence-corrected chi connectivity index (χ1v) is 8.97. The molecule has 5 nitrogen and oxygen atoms in total. The van der Waals surface area contributed by atoms with Gasteiger partial charge in [0, 0.05) is 25.0 Å². The molecule has 2 saturated heterocycles. The maximum Gasteiger partial charge on any atom is 0.224 e. The van der Waals surface area contributed by atoms with Crippen LogP contribution in [0.3, 0.4) is 0 Å². The van der Waals surface area contributed by atoms with Gasteiger partial charge in [-0.15, -0.1) is 0 Å². The van der Waals surface area contributed by atoms with Gasteiger partial charge in [0.05, 0.1) is 18.8 Å². The summed E-state index contributed by atoms with van der Waals surface area (Å²) in [5.41, 5.74) is 0. The third-order valence-corrected chi connectivity index (χ3v) is 4.76. The fourth-order valence-corrected chi connectivity index (χ4v) is 3.76. The number of ether oxygens (including phenoxy) is 2. The van der Waals surface area contributed by atoms with Crippen molar-refractivity contribution in [3.63, 3.8) is 0 Å². The normalized spacial score (nSPS) is 30.6. The standard InChI is InChI=1S/C19H28N2O3/c1-14-10-16(11-15(2)24-14)20-17-12-19(22)21(13-17)8-9-23-18-6-4-3-5-7-18/h3-7,14-17,20H,8-13H2,1-2H3/t14-,15-,17-/m1/s1. The predicted molar refractivity (Wildman–Crippen MR) is 93.1 cm³/mol. The van der Waals surface area contributed by atoms with E-state index in [0.29, 0.717) is 37.8 Å². The van der Waals surface area contributed by atoms with Gasteiger partial charge in [0.2, 0.25) is 5.91 Å². The Morgan fingerprint density at radius 1 is 1.17 bits per heavy atom. The molecular weight excluding hydrogens is 304 g/mol. The molecule has 2 heterocycles. The Hall–Kier alpha value is -1.59. The van der Waals surface area contributed by atoms with Crippen molar-refractivity contribution in [3.05, 3.63) is 30.3 Å². The number of amides is 1. The second kappa shape index (κ2) is 7.99. The number of para-hydroxylation sites is 1. The number of carbonyl (C=O) groups is 1. The molecular formula is C19H28N2O3. The highest BCUT2D eigenvalue weighted by atomic mass is 16.5. The van der Waals surface area contributed by atoms with Crippen molar-refractivity contribution in [2.45, 2.75) is 57.4 Å². The molecule has 1 N–H and O–H groups in total. The topological polar surface area (TPSA) is 50.8 Å². The third-order valence-electron chi connectivity index (χ3n) is 4.76. The van der Waals surface area contributed by atoms with Gasteiger partial charge in [0.15, 0.2) is 0 Å². The Bertz CT molecular complexity index is 527. The molecule has 0 aromatic heterocycles. The molecule has 0 aliphatic carbocycles. The molecule has 24 heavy (non-hydrogen) atoms. The number of carbonyl (C=O) groups excluding carboxylic acids is 1. The molecule has 0 saturated carbocycles. The zero-order valence-electron chi connectivity index (χ0n) is 14.6. The van der Waals surface area contributed by atoms with Crippen LogP contribution in [-0.2, 0) is 9.53 Å². The molecule has 2 aliphatic rings. The van der Waals surface area contributed by atoms with Crippen LogP contribution in [0.5, 0.6) is 5.75 Å². The van der Waals surface area contributed by atoms with E-state index in [2.05, 4.69) is 19.2 Å². The number of nitrogens with zero attached hydrogens (tertiary/aromatic N) is 1. The number of hydrogen-bond donors (Lipinski definition) is 1. The average Bonchev–Trinajstić information content (AvgIpc) is 2.87. The lowest BCUT2D eigenvalue weighted by molar-refractivity contribution is -0.128. The minimum atomic E-state index is 0.220. The van der Waals surface area contributed by atoms with Crippen molar-refractivity contribution in [1.29, 1.82) is 0 Å². The summed E-state index contributed by atoms with van der Waals surface area (Å²) in [6.07, 6.45) is 3.21. The largest absolute Gasteiger partial charge is 0.492 e. The van der Waals surface area contributed by atoms with E-state index in [9.17, 15) is 4.79 Å². The monoisotopic (exact) mass is 332 g/mol. The van der Waals surface area contributed by atoms with Gasteiger partial charge in [0.1, 0.15) is 12.4 Å². The fraction of sp³-hybridized carbons (Fsp3) is 0.632. The van der Waals surface area contributed by atoms with Crippen molar-refractivity contribution in [2.75, 3.05) is 19.7 Å². The van der Waals surface area contributed by atoms with Crippen LogP contribution in [0.1, 0.15) is 33.1 Å². The molecule has 1 aromatic carbocycles. The number of rotatable bonds is 6. The fourth-order valence-electron chi connectivity index (χ4n) is 3.76. The van der Waals surface area contributed by atoms with Gasteiger partial charge in [-0.1, -0.05) is 18.2 Å². The minimum absolute atomic E-state index is 0.220. The van der Waals surface area contributed by atoms with Crippen LogP contribution in [0, 0.1) is 0 Å². The van der Waals surface area contributed by atoms with Crippen LogP contribution < -0.4 is 10.1 Å². The molecule has 0 spiro atoms. The molecule has 1 amide bonds. The summed E-state index contributed by atoms with van der Waals surface area (Å²) >= 11 is 0. The first-order chi connectivity index (χ1) is 11.6. The maximum atomic E-state index is 12.2. The van der Waals surface area contributed by atoms with E-state index in [1.807, 2.05) is 35.2 Å². The summed E-state index contributed by atoms with van der Waals surface area (Å²) in [5, 5.41) is 3.66. The average molecular weight is 332 g/mol. The second-order valence-corrected chi connectivity index (χ2v) is 6.99. The first kappa shape index (κ1) is 17.2. The summed E-state index contributed by atoms with van der Waals surface area (Å²) in [7, 11) is 0. The highest BCUT2D eigenvalue weighted by Crippen LogP contribution is 2.21. The number of nitrogens with one attached hydrogen (secondary N) is 1. The van der Waals surface area contributed by atoms with Gasteiger partial charge in [-0.3, -0.25) is 4.79 Å². The molecule has 0 bridgehead atoms. The molecule has 132 valence electrons. The molecule has 5 heteroatoms. The van der Waals surface area contributed by atoms with Gasteiger partial charge in [0.25, 0.3) is 0 Å². The smallest absolute Gasteiger partial charge is 0.224 e. The molecule has 2 aliphatic heterocycles. The van der Waals surface area contributed by atoms with Gasteiger partial charge in [-0.05, 0) is 38.8 Å². The Labute approximate surface area is 144 Å². The van der Waals surface area contributed by atoms with Gasteiger partial charge >= 0.3 is 0 Å². The summed E-state index contributed by atoms with van der Waals surface area (Å²) in [4.78, 5) is 14.1. The quantitative estimate of drug-likeness (QED) is 0.868. The van der Waals surface area contributed by atoms with E-state index in [-0.39, 0.29) is 11.9 Å². The second-order valence-electron chi connectivity index (χ2n) is 6.99. The first-order valence-electron chi connectivity index (χ1n) is 8.97. The summed E-state index contributed by atoms with van der Waals surface area (Å²) in [5.74, 6) is 1.07. The molecule has 3 rings (SSSR count). The Kier molecular flexibility index (Phi) is 5.74. The molecule has 1 aromatic rings. The van der Waals surface area contributed by atoms with Crippen LogP contribution in [0.25, 0.3) is 0 Å². The highest BCUT2D eigenvalue weighted by Gasteiger charge is 2.33. The zero-order chi connectivity index (χ0) is 16.9. The Morgan fingerprint density at radius 2 is 1.88 bits per heavy atom. The van der Waals surface area contributed by atoms with E-state index < -0.39 is 0 Å². The number of likely N-dealkylation sites (tertiary alicyclic amines) is 1. The lowest BCUT2D eigenvalue weighted by Crippen LogP contribution is -2.46. The lowest BCUT2D eigenvalue weighted by atomic mass is 9.99. The molecule has 0 unspecified atom stereocenters. The van der Waals surface area contributed by atoms with Gasteiger partial charge in [-0.2, -0.15) is 0 Å². The molecule has 0 radical (unpaired) electrons. The van der Waals surface area contributed by atoms with Crippen LogP contribution in [0.4, 0.5) is 0 Å². The van der Waals surface area contributed by atoms with Crippen molar-refractivity contribution in [2.24, 2.45) is 0 Å². The molecule has 2 fully saturated rings. The number of benzene rings is 1. The zero-order valence-corrected chi connectivity index (χ0v) is 14.6. The van der Waals surface area contributed by atoms with Crippen LogP contribution >= 0.6 is 0 Å². The van der Waals surface area contributed by atoms with Crippen LogP contribution in [0.15, 0.2) is 30.3 Å². The Morgan fingerprint density at radius 3 is 2.58 bits per heavy atom. The van der Waals surface area contributed by atoms with E-state index in [0.717, 1.165) is 25.1 Å². The molecule has 3 atom stereocenters. The van der Waals surface area contributed by atoms with E-state index >= 15 is 0 Å². The summed E-state index contributed by atoms with van der Waals surface area (Å²) in [6.45, 7) is 6.20. The summed E-state index contributed by atoms with van der Waals surface area (Å²) < 4.78 is 11.5. The highest BCUT2D eigenvalue weighted by molar-refractivity contribution is 5.79.